The van der Waals surface area contributed by atoms with Gasteiger partial charge in [-0.3, -0.25) is 0 Å². The van der Waals surface area contributed by atoms with Crippen molar-refractivity contribution in [2.24, 2.45) is 0 Å². The Morgan fingerprint density at radius 3 is 2.79 bits per heavy atom. The number of rotatable bonds is 1. The molecule has 0 fully saturated rings. The van der Waals surface area contributed by atoms with Crippen molar-refractivity contribution in [1.29, 1.82) is 0 Å². The van der Waals surface area contributed by atoms with Crippen LogP contribution in [0.15, 0.2) is 29.2 Å². The minimum Gasteiger partial charge on any atom is -0.497 e. The average molecular weight is 206 g/mol. The van der Waals surface area contributed by atoms with Gasteiger partial charge in [-0.2, -0.15) is 0 Å². The van der Waals surface area contributed by atoms with Gasteiger partial charge in [0.25, 0.3) is 0 Å². The molecule has 1 aromatic rings. The summed E-state index contributed by atoms with van der Waals surface area (Å²) in [6.45, 7) is 4.45. The lowest BCUT2D eigenvalue weighted by Gasteiger charge is -2.25. The van der Waals surface area contributed by atoms with E-state index in [0.29, 0.717) is 0 Å². The minimum absolute atomic E-state index is 0.210. The molecule has 0 bridgehead atoms. The third kappa shape index (κ3) is 1.80. The average Bonchev–Trinajstić information content (AvgIpc) is 2.16. The largest absolute Gasteiger partial charge is 0.497 e. The first-order valence-electron chi connectivity index (χ1n) is 4.67. The molecule has 74 valence electrons. The summed E-state index contributed by atoms with van der Waals surface area (Å²) in [5, 5.41) is 0. The topological polar surface area (TPSA) is 9.23 Å². The van der Waals surface area contributed by atoms with Crippen molar-refractivity contribution in [3.63, 3.8) is 0 Å². The molecule has 1 aliphatic rings. The minimum atomic E-state index is 0.210. The van der Waals surface area contributed by atoms with E-state index in [1.807, 2.05) is 17.8 Å². The number of benzene rings is 1. The predicted octanol–water partition coefficient (Wildman–Crippen LogP) is 3.59. The van der Waals surface area contributed by atoms with Crippen LogP contribution in [0.2, 0.25) is 0 Å². The first-order valence-corrected chi connectivity index (χ1v) is 5.49. The summed E-state index contributed by atoms with van der Waals surface area (Å²) in [6, 6.07) is 6.22. The standard InChI is InChI=1S/C12H14OS/c1-12(2)7-6-9-8-10(13-3)4-5-11(9)14-12/h4-8H,1-3H3. The normalized spacial score (nSPS) is 17.6. The molecule has 0 aromatic heterocycles. The Kier molecular flexibility index (Phi) is 2.31. The van der Waals surface area contributed by atoms with Gasteiger partial charge in [-0.15, -0.1) is 11.8 Å². The molecule has 14 heavy (non-hydrogen) atoms. The number of thioether (sulfide) groups is 1. The molecule has 1 nitrogen and oxygen atoms in total. The fourth-order valence-corrected chi connectivity index (χ4v) is 2.57. The lowest BCUT2D eigenvalue weighted by Crippen LogP contribution is -2.12. The number of ether oxygens (including phenoxy) is 1. The van der Waals surface area contributed by atoms with Crippen LogP contribution >= 0.6 is 11.8 Å². The van der Waals surface area contributed by atoms with Gasteiger partial charge < -0.3 is 4.74 Å². The first-order chi connectivity index (χ1) is 6.61. The van der Waals surface area contributed by atoms with Crippen LogP contribution < -0.4 is 4.74 Å². The van der Waals surface area contributed by atoms with Crippen LogP contribution in [0, 0.1) is 0 Å². The second-order valence-corrected chi connectivity index (χ2v) is 5.64. The van der Waals surface area contributed by atoms with E-state index in [-0.39, 0.29) is 4.75 Å². The zero-order chi connectivity index (χ0) is 10.2. The number of hydrogen-bond donors (Lipinski definition) is 0. The Morgan fingerprint density at radius 2 is 2.07 bits per heavy atom. The highest BCUT2D eigenvalue weighted by atomic mass is 32.2. The summed E-state index contributed by atoms with van der Waals surface area (Å²) in [5.41, 5.74) is 1.26. The predicted molar refractivity (Wildman–Crippen MR) is 62.0 cm³/mol. The van der Waals surface area contributed by atoms with Crippen LogP contribution in [0.1, 0.15) is 19.4 Å². The molecule has 2 rings (SSSR count). The van der Waals surface area contributed by atoms with Crippen molar-refractivity contribution in [2.75, 3.05) is 7.11 Å². The number of hydrogen-bond acceptors (Lipinski definition) is 2. The van der Waals surface area contributed by atoms with Gasteiger partial charge in [0, 0.05) is 9.64 Å². The molecule has 0 N–H and O–H groups in total. The zero-order valence-electron chi connectivity index (χ0n) is 8.70. The summed E-state index contributed by atoms with van der Waals surface area (Å²) in [5.74, 6) is 0.925. The van der Waals surface area contributed by atoms with E-state index in [4.69, 9.17) is 4.74 Å². The van der Waals surface area contributed by atoms with Crippen molar-refractivity contribution in [3.8, 4) is 5.75 Å². The Morgan fingerprint density at radius 1 is 1.29 bits per heavy atom. The lowest BCUT2D eigenvalue weighted by molar-refractivity contribution is 0.414. The van der Waals surface area contributed by atoms with Gasteiger partial charge in [-0.1, -0.05) is 12.2 Å². The molecular formula is C12H14OS. The Hall–Kier alpha value is -0.890. The van der Waals surface area contributed by atoms with Crippen molar-refractivity contribution >= 4 is 17.8 Å². The molecule has 1 aromatic carbocycles. The SMILES string of the molecule is COc1ccc2c(c1)C=CC(C)(C)S2. The van der Waals surface area contributed by atoms with Gasteiger partial charge in [0.2, 0.25) is 0 Å². The van der Waals surface area contributed by atoms with E-state index in [1.54, 1.807) is 7.11 Å². The van der Waals surface area contributed by atoms with Gasteiger partial charge in [-0.25, -0.2) is 0 Å². The van der Waals surface area contributed by atoms with Crippen LogP contribution in [0.5, 0.6) is 5.75 Å². The van der Waals surface area contributed by atoms with Gasteiger partial charge >= 0.3 is 0 Å². The quantitative estimate of drug-likeness (QED) is 0.694. The Balaban J connectivity index is 2.41. The van der Waals surface area contributed by atoms with Crippen molar-refractivity contribution in [2.45, 2.75) is 23.5 Å². The van der Waals surface area contributed by atoms with Gasteiger partial charge in [0.05, 0.1) is 7.11 Å². The van der Waals surface area contributed by atoms with Gasteiger partial charge in [0.1, 0.15) is 5.75 Å². The molecule has 0 atom stereocenters. The smallest absolute Gasteiger partial charge is 0.119 e. The highest BCUT2D eigenvalue weighted by Crippen LogP contribution is 2.41. The van der Waals surface area contributed by atoms with Crippen LogP contribution in [-0.2, 0) is 0 Å². The Bertz CT molecular complexity index is 380. The zero-order valence-corrected chi connectivity index (χ0v) is 9.52. The van der Waals surface area contributed by atoms with Crippen LogP contribution in [0.4, 0.5) is 0 Å². The van der Waals surface area contributed by atoms with E-state index in [9.17, 15) is 0 Å². The Labute approximate surface area is 89.2 Å². The molecule has 2 heteroatoms. The number of methoxy groups -OCH3 is 1. The van der Waals surface area contributed by atoms with Crippen molar-refractivity contribution in [1.82, 2.24) is 0 Å². The van der Waals surface area contributed by atoms with Crippen molar-refractivity contribution in [3.05, 3.63) is 29.8 Å². The fourth-order valence-electron chi connectivity index (χ4n) is 1.48. The van der Waals surface area contributed by atoms with E-state index < -0.39 is 0 Å². The molecule has 0 amide bonds. The van der Waals surface area contributed by atoms with Gasteiger partial charge in [-0.05, 0) is 37.6 Å². The summed E-state index contributed by atoms with van der Waals surface area (Å²) in [6.07, 6.45) is 4.41. The van der Waals surface area contributed by atoms with Crippen LogP contribution in [-0.4, -0.2) is 11.9 Å². The molecule has 0 radical (unpaired) electrons. The van der Waals surface area contributed by atoms with E-state index in [0.717, 1.165) is 5.75 Å². The second-order valence-electron chi connectivity index (χ2n) is 3.94. The maximum atomic E-state index is 5.19. The summed E-state index contributed by atoms with van der Waals surface area (Å²) < 4.78 is 5.40. The van der Waals surface area contributed by atoms with E-state index in [2.05, 4.69) is 38.1 Å². The molecule has 0 saturated carbocycles. The maximum absolute atomic E-state index is 5.19. The summed E-state index contributed by atoms with van der Waals surface area (Å²) in [7, 11) is 1.70. The molecule has 1 heterocycles. The summed E-state index contributed by atoms with van der Waals surface area (Å²) in [4.78, 5) is 1.33. The fraction of sp³-hybridized carbons (Fsp3) is 0.333. The van der Waals surface area contributed by atoms with Crippen LogP contribution in [0.25, 0.3) is 6.08 Å². The van der Waals surface area contributed by atoms with Gasteiger partial charge in [0.15, 0.2) is 0 Å². The van der Waals surface area contributed by atoms with Crippen molar-refractivity contribution < 1.29 is 4.74 Å². The first kappa shape index (κ1) is 9.66. The third-order valence-corrected chi connectivity index (χ3v) is 3.51. The van der Waals surface area contributed by atoms with E-state index >= 15 is 0 Å². The monoisotopic (exact) mass is 206 g/mol. The summed E-state index contributed by atoms with van der Waals surface area (Å²) >= 11 is 1.89. The molecule has 0 aliphatic carbocycles. The highest BCUT2D eigenvalue weighted by Gasteiger charge is 2.21. The third-order valence-electron chi connectivity index (χ3n) is 2.25. The lowest BCUT2D eigenvalue weighted by atomic mass is 10.1. The number of fused-ring (bicyclic) bond motifs is 1. The van der Waals surface area contributed by atoms with E-state index in [1.165, 1.54) is 10.5 Å². The second kappa shape index (κ2) is 3.35. The van der Waals surface area contributed by atoms with Crippen LogP contribution in [0.3, 0.4) is 0 Å². The molecule has 0 spiro atoms. The maximum Gasteiger partial charge on any atom is 0.119 e. The molecule has 1 aliphatic heterocycles. The molecule has 0 unspecified atom stereocenters. The highest BCUT2D eigenvalue weighted by molar-refractivity contribution is 8.01. The molecule has 0 saturated heterocycles. The molecular weight excluding hydrogens is 192 g/mol.